The van der Waals surface area contributed by atoms with Gasteiger partial charge in [-0.15, -0.1) is 10.2 Å². The van der Waals surface area contributed by atoms with Gasteiger partial charge in [0.15, 0.2) is 5.16 Å². The SMILES string of the molecule is CCCNCc1cc(F)ccc1Sc1nnc(C)n1C. The molecule has 0 fully saturated rings. The normalized spacial score (nSPS) is 11.0. The number of hydrogen-bond acceptors (Lipinski definition) is 4. The minimum absolute atomic E-state index is 0.211. The zero-order chi connectivity index (χ0) is 14.5. The third-order valence-electron chi connectivity index (χ3n) is 3.02. The minimum Gasteiger partial charge on any atom is -0.313 e. The lowest BCUT2D eigenvalue weighted by atomic mass is 10.2. The van der Waals surface area contributed by atoms with E-state index in [1.807, 2.05) is 18.5 Å². The fourth-order valence-corrected chi connectivity index (χ4v) is 2.71. The first-order valence-electron chi connectivity index (χ1n) is 6.64. The Kier molecular flexibility index (Phi) is 5.14. The van der Waals surface area contributed by atoms with E-state index in [2.05, 4.69) is 22.4 Å². The van der Waals surface area contributed by atoms with Crippen LogP contribution in [-0.2, 0) is 13.6 Å². The standard InChI is InChI=1S/C14H19FN4S/c1-4-7-16-9-11-8-12(15)5-6-13(11)20-14-18-17-10(2)19(14)3/h5-6,8,16H,4,7,9H2,1-3H3. The van der Waals surface area contributed by atoms with E-state index >= 15 is 0 Å². The first-order chi connectivity index (χ1) is 9.61. The third kappa shape index (κ3) is 3.58. The third-order valence-corrected chi connectivity index (χ3v) is 4.17. The molecule has 0 saturated heterocycles. The van der Waals surface area contributed by atoms with E-state index in [0.29, 0.717) is 6.54 Å². The van der Waals surface area contributed by atoms with Crippen molar-refractivity contribution < 1.29 is 4.39 Å². The maximum atomic E-state index is 13.4. The molecule has 0 saturated carbocycles. The fraction of sp³-hybridized carbons (Fsp3) is 0.429. The molecule has 1 heterocycles. The predicted molar refractivity (Wildman–Crippen MR) is 78.3 cm³/mol. The molecule has 0 amide bonds. The molecule has 0 bridgehead atoms. The second-order valence-electron chi connectivity index (χ2n) is 4.62. The van der Waals surface area contributed by atoms with Crippen molar-refractivity contribution in [3.05, 3.63) is 35.4 Å². The Morgan fingerprint density at radius 1 is 1.35 bits per heavy atom. The van der Waals surface area contributed by atoms with E-state index in [-0.39, 0.29) is 5.82 Å². The zero-order valence-corrected chi connectivity index (χ0v) is 12.8. The summed E-state index contributed by atoms with van der Waals surface area (Å²) in [6.45, 7) is 5.59. The van der Waals surface area contributed by atoms with Crippen LogP contribution in [-0.4, -0.2) is 21.3 Å². The number of rotatable bonds is 6. The van der Waals surface area contributed by atoms with Gasteiger partial charge < -0.3 is 9.88 Å². The first-order valence-corrected chi connectivity index (χ1v) is 7.46. The number of aryl methyl sites for hydroxylation is 1. The Morgan fingerprint density at radius 2 is 2.15 bits per heavy atom. The van der Waals surface area contributed by atoms with Gasteiger partial charge in [-0.1, -0.05) is 6.92 Å². The van der Waals surface area contributed by atoms with E-state index in [9.17, 15) is 4.39 Å². The van der Waals surface area contributed by atoms with Crippen LogP contribution in [0.5, 0.6) is 0 Å². The van der Waals surface area contributed by atoms with Gasteiger partial charge in [-0.3, -0.25) is 0 Å². The summed E-state index contributed by atoms with van der Waals surface area (Å²) in [7, 11) is 1.93. The van der Waals surface area contributed by atoms with Crippen LogP contribution in [0.3, 0.4) is 0 Å². The van der Waals surface area contributed by atoms with Crippen LogP contribution in [0, 0.1) is 12.7 Å². The molecule has 0 radical (unpaired) electrons. The van der Waals surface area contributed by atoms with Gasteiger partial charge in [0.1, 0.15) is 11.6 Å². The molecule has 20 heavy (non-hydrogen) atoms. The molecule has 2 rings (SSSR count). The highest BCUT2D eigenvalue weighted by molar-refractivity contribution is 7.99. The van der Waals surface area contributed by atoms with E-state index < -0.39 is 0 Å². The fourth-order valence-electron chi connectivity index (χ4n) is 1.76. The van der Waals surface area contributed by atoms with Crippen LogP contribution in [0.4, 0.5) is 4.39 Å². The van der Waals surface area contributed by atoms with Gasteiger partial charge >= 0.3 is 0 Å². The first kappa shape index (κ1) is 15.0. The number of nitrogens with one attached hydrogen (secondary N) is 1. The van der Waals surface area contributed by atoms with Crippen molar-refractivity contribution >= 4 is 11.8 Å². The van der Waals surface area contributed by atoms with Crippen LogP contribution >= 0.6 is 11.8 Å². The van der Waals surface area contributed by atoms with E-state index in [1.54, 1.807) is 12.1 Å². The predicted octanol–water partition coefficient (Wildman–Crippen LogP) is 2.91. The summed E-state index contributed by atoms with van der Waals surface area (Å²) < 4.78 is 15.3. The van der Waals surface area contributed by atoms with Gasteiger partial charge in [0.05, 0.1) is 0 Å². The summed E-state index contributed by atoms with van der Waals surface area (Å²) in [4.78, 5) is 1.01. The van der Waals surface area contributed by atoms with Crippen molar-refractivity contribution in [1.29, 1.82) is 0 Å². The van der Waals surface area contributed by atoms with Gasteiger partial charge in [-0.25, -0.2) is 4.39 Å². The summed E-state index contributed by atoms with van der Waals surface area (Å²) in [5.41, 5.74) is 0.948. The number of benzene rings is 1. The molecular weight excluding hydrogens is 275 g/mol. The lowest BCUT2D eigenvalue weighted by Gasteiger charge is -2.10. The topological polar surface area (TPSA) is 42.7 Å². The summed E-state index contributed by atoms with van der Waals surface area (Å²) >= 11 is 1.51. The van der Waals surface area contributed by atoms with Crippen molar-refractivity contribution in [2.75, 3.05) is 6.54 Å². The molecule has 0 aliphatic heterocycles. The Hall–Kier alpha value is -1.40. The zero-order valence-electron chi connectivity index (χ0n) is 12.0. The van der Waals surface area contributed by atoms with Crippen LogP contribution < -0.4 is 5.32 Å². The number of nitrogens with zero attached hydrogens (tertiary/aromatic N) is 3. The summed E-state index contributed by atoms with van der Waals surface area (Å²) in [6, 6.07) is 4.86. The van der Waals surface area contributed by atoms with Crippen LogP contribution in [0.15, 0.2) is 28.3 Å². The molecule has 0 unspecified atom stereocenters. The van der Waals surface area contributed by atoms with E-state index in [1.165, 1.54) is 17.8 Å². The highest BCUT2D eigenvalue weighted by Crippen LogP contribution is 2.29. The molecule has 2 aromatic rings. The average Bonchev–Trinajstić information content (AvgIpc) is 2.74. The molecular formula is C14H19FN4S. The summed E-state index contributed by atoms with van der Waals surface area (Å²) in [5, 5.41) is 12.3. The van der Waals surface area contributed by atoms with Crippen LogP contribution in [0.25, 0.3) is 0 Å². The highest BCUT2D eigenvalue weighted by Gasteiger charge is 2.11. The molecule has 0 aliphatic rings. The van der Waals surface area contributed by atoms with Gasteiger partial charge in [-0.2, -0.15) is 0 Å². The molecule has 108 valence electrons. The Balaban J connectivity index is 2.19. The average molecular weight is 294 g/mol. The van der Waals surface area contributed by atoms with Crippen molar-refractivity contribution in [1.82, 2.24) is 20.1 Å². The lowest BCUT2D eigenvalue weighted by molar-refractivity contribution is 0.615. The Morgan fingerprint density at radius 3 is 2.80 bits per heavy atom. The van der Waals surface area contributed by atoms with Crippen molar-refractivity contribution in [3.8, 4) is 0 Å². The van der Waals surface area contributed by atoms with Crippen molar-refractivity contribution in [2.24, 2.45) is 7.05 Å². The van der Waals surface area contributed by atoms with Gasteiger partial charge in [0.25, 0.3) is 0 Å². The molecule has 6 heteroatoms. The summed E-state index contributed by atoms with van der Waals surface area (Å²) in [6.07, 6.45) is 1.06. The van der Waals surface area contributed by atoms with Gasteiger partial charge in [0, 0.05) is 18.5 Å². The molecule has 4 nitrogen and oxygen atoms in total. The summed E-state index contributed by atoms with van der Waals surface area (Å²) in [5.74, 6) is 0.650. The second-order valence-corrected chi connectivity index (χ2v) is 5.63. The Bertz CT molecular complexity index is 583. The lowest BCUT2D eigenvalue weighted by Crippen LogP contribution is -2.14. The van der Waals surface area contributed by atoms with E-state index in [4.69, 9.17) is 0 Å². The quantitative estimate of drug-likeness (QED) is 0.832. The molecule has 1 aromatic heterocycles. The maximum Gasteiger partial charge on any atom is 0.195 e. The number of halogens is 1. The molecule has 0 aliphatic carbocycles. The van der Waals surface area contributed by atoms with Crippen LogP contribution in [0.1, 0.15) is 24.7 Å². The number of aromatic nitrogens is 3. The smallest absolute Gasteiger partial charge is 0.195 e. The largest absolute Gasteiger partial charge is 0.313 e. The number of hydrogen-bond donors (Lipinski definition) is 1. The maximum absolute atomic E-state index is 13.4. The van der Waals surface area contributed by atoms with Gasteiger partial charge in [-0.05, 0) is 55.4 Å². The second kappa shape index (κ2) is 6.85. The molecule has 1 N–H and O–H groups in total. The molecule has 0 atom stereocenters. The van der Waals surface area contributed by atoms with Gasteiger partial charge in [0.2, 0.25) is 0 Å². The minimum atomic E-state index is -0.211. The Labute approximate surface area is 122 Å². The monoisotopic (exact) mass is 294 g/mol. The van der Waals surface area contributed by atoms with Crippen molar-refractivity contribution in [2.45, 2.75) is 36.9 Å². The van der Waals surface area contributed by atoms with Crippen molar-refractivity contribution in [3.63, 3.8) is 0 Å². The van der Waals surface area contributed by atoms with E-state index in [0.717, 1.165) is 34.4 Å². The molecule has 1 aromatic carbocycles. The molecule has 0 spiro atoms. The van der Waals surface area contributed by atoms with Crippen LogP contribution in [0.2, 0.25) is 0 Å². The highest BCUT2D eigenvalue weighted by atomic mass is 32.2.